The van der Waals surface area contributed by atoms with Gasteiger partial charge in [0.2, 0.25) is 5.91 Å². The minimum absolute atomic E-state index is 0.0702. The second-order valence-electron chi connectivity index (χ2n) is 5.12. The molecule has 0 aromatic heterocycles. The fourth-order valence-corrected chi connectivity index (χ4v) is 2.62. The van der Waals surface area contributed by atoms with Crippen LogP contribution in [0, 0.1) is 5.92 Å². The molecule has 1 unspecified atom stereocenters. The highest BCUT2D eigenvalue weighted by Gasteiger charge is 2.17. The number of hydrogen-bond donors (Lipinski definition) is 2. The van der Waals surface area contributed by atoms with Crippen LogP contribution in [-0.2, 0) is 4.79 Å². The summed E-state index contributed by atoms with van der Waals surface area (Å²) >= 11 is 0. The van der Waals surface area contributed by atoms with Gasteiger partial charge in [0.25, 0.3) is 0 Å². The van der Waals surface area contributed by atoms with E-state index in [9.17, 15) is 4.79 Å². The molecule has 3 heteroatoms. The van der Waals surface area contributed by atoms with Crippen LogP contribution in [0.15, 0.2) is 30.3 Å². The van der Waals surface area contributed by atoms with Crippen LogP contribution in [0.25, 0.3) is 0 Å². The topological polar surface area (TPSA) is 55.1 Å². The molecule has 3 nitrogen and oxygen atoms in total. The molecule has 1 amide bonds. The van der Waals surface area contributed by atoms with Crippen molar-refractivity contribution >= 4 is 5.91 Å². The highest BCUT2D eigenvalue weighted by atomic mass is 16.2. The van der Waals surface area contributed by atoms with Gasteiger partial charge >= 0.3 is 0 Å². The molecule has 3 N–H and O–H groups in total. The molecule has 1 fully saturated rings. The summed E-state index contributed by atoms with van der Waals surface area (Å²) in [5.41, 5.74) is 6.79. The average molecular weight is 246 g/mol. The number of carbonyl (C=O) groups is 1. The van der Waals surface area contributed by atoms with E-state index in [1.165, 1.54) is 25.7 Å². The molecule has 1 atom stereocenters. The molecule has 2 rings (SSSR count). The first kappa shape index (κ1) is 13.1. The number of amides is 1. The van der Waals surface area contributed by atoms with E-state index in [-0.39, 0.29) is 5.91 Å². The summed E-state index contributed by atoms with van der Waals surface area (Å²) in [4.78, 5) is 11.9. The van der Waals surface area contributed by atoms with E-state index < -0.39 is 6.04 Å². The molecular weight excluding hydrogens is 224 g/mol. The molecule has 0 spiro atoms. The Balaban J connectivity index is 1.74. The Bertz CT molecular complexity index is 371. The van der Waals surface area contributed by atoms with Crippen LogP contribution in [0.5, 0.6) is 0 Å². The van der Waals surface area contributed by atoms with Gasteiger partial charge in [-0.3, -0.25) is 4.79 Å². The first-order chi connectivity index (χ1) is 8.77. The average Bonchev–Trinajstić information content (AvgIpc) is 2.92. The SMILES string of the molecule is NC(C(=O)NCCC1CCCC1)c1ccccc1. The standard InChI is InChI=1S/C15H22N2O/c16-14(13-8-2-1-3-9-13)15(18)17-11-10-12-6-4-5-7-12/h1-3,8-9,12,14H,4-7,10-11,16H2,(H,17,18). The summed E-state index contributed by atoms with van der Waals surface area (Å²) in [5.74, 6) is 0.734. The summed E-state index contributed by atoms with van der Waals surface area (Å²) in [6, 6.07) is 8.97. The number of rotatable bonds is 5. The molecule has 1 aliphatic rings. The van der Waals surface area contributed by atoms with Crippen molar-refractivity contribution in [1.29, 1.82) is 0 Å². The van der Waals surface area contributed by atoms with Crippen molar-refractivity contribution in [2.75, 3.05) is 6.54 Å². The van der Waals surface area contributed by atoms with Gasteiger partial charge in [-0.2, -0.15) is 0 Å². The van der Waals surface area contributed by atoms with Crippen LogP contribution in [0.2, 0.25) is 0 Å². The molecule has 0 radical (unpaired) electrons. The summed E-state index contributed by atoms with van der Waals surface area (Å²) in [6.45, 7) is 0.754. The third-order valence-electron chi connectivity index (χ3n) is 3.77. The Hall–Kier alpha value is -1.35. The maximum Gasteiger partial charge on any atom is 0.241 e. The largest absolute Gasteiger partial charge is 0.354 e. The molecule has 1 aliphatic carbocycles. The molecule has 1 aromatic carbocycles. The molecule has 0 aliphatic heterocycles. The van der Waals surface area contributed by atoms with Gasteiger partial charge in [0.15, 0.2) is 0 Å². The van der Waals surface area contributed by atoms with E-state index in [0.29, 0.717) is 0 Å². The maximum absolute atomic E-state index is 11.9. The molecule has 1 saturated carbocycles. The number of hydrogen-bond acceptors (Lipinski definition) is 2. The zero-order valence-corrected chi connectivity index (χ0v) is 10.8. The van der Waals surface area contributed by atoms with Gasteiger partial charge in [0, 0.05) is 6.54 Å². The predicted octanol–water partition coefficient (Wildman–Crippen LogP) is 2.38. The third-order valence-corrected chi connectivity index (χ3v) is 3.77. The smallest absolute Gasteiger partial charge is 0.241 e. The zero-order chi connectivity index (χ0) is 12.8. The molecule has 0 saturated heterocycles. The van der Waals surface area contributed by atoms with Crippen LogP contribution in [0.3, 0.4) is 0 Å². The van der Waals surface area contributed by atoms with Gasteiger partial charge in [-0.15, -0.1) is 0 Å². The van der Waals surface area contributed by atoms with Crippen molar-refractivity contribution in [1.82, 2.24) is 5.32 Å². The van der Waals surface area contributed by atoms with Crippen molar-refractivity contribution in [2.24, 2.45) is 11.7 Å². The van der Waals surface area contributed by atoms with E-state index >= 15 is 0 Å². The van der Waals surface area contributed by atoms with Crippen molar-refractivity contribution in [3.05, 3.63) is 35.9 Å². The maximum atomic E-state index is 11.9. The Morgan fingerprint density at radius 3 is 2.61 bits per heavy atom. The van der Waals surface area contributed by atoms with Crippen molar-refractivity contribution < 1.29 is 4.79 Å². The predicted molar refractivity (Wildman–Crippen MR) is 73.0 cm³/mol. The lowest BCUT2D eigenvalue weighted by Crippen LogP contribution is -2.35. The van der Waals surface area contributed by atoms with Crippen LogP contribution in [-0.4, -0.2) is 12.5 Å². The Labute approximate surface area is 109 Å². The van der Waals surface area contributed by atoms with E-state index in [4.69, 9.17) is 5.73 Å². The van der Waals surface area contributed by atoms with E-state index in [1.54, 1.807) is 0 Å². The molecule has 1 aromatic rings. The van der Waals surface area contributed by atoms with Gasteiger partial charge in [0.05, 0.1) is 0 Å². The van der Waals surface area contributed by atoms with E-state index in [0.717, 1.165) is 24.4 Å². The summed E-state index contributed by atoms with van der Waals surface area (Å²) in [7, 11) is 0. The molecule has 98 valence electrons. The lowest BCUT2D eigenvalue weighted by Gasteiger charge is -2.14. The van der Waals surface area contributed by atoms with Crippen molar-refractivity contribution in [3.63, 3.8) is 0 Å². The summed E-state index contributed by atoms with van der Waals surface area (Å²) in [6.07, 6.45) is 6.43. The minimum atomic E-state index is -0.547. The van der Waals surface area contributed by atoms with Gasteiger partial charge in [-0.1, -0.05) is 56.0 Å². The Morgan fingerprint density at radius 2 is 1.94 bits per heavy atom. The van der Waals surface area contributed by atoms with Crippen LogP contribution >= 0.6 is 0 Å². The molecule has 18 heavy (non-hydrogen) atoms. The zero-order valence-electron chi connectivity index (χ0n) is 10.8. The van der Waals surface area contributed by atoms with Gasteiger partial charge in [-0.05, 0) is 17.9 Å². The van der Waals surface area contributed by atoms with Gasteiger partial charge in [0.1, 0.15) is 6.04 Å². The second-order valence-corrected chi connectivity index (χ2v) is 5.12. The highest BCUT2D eigenvalue weighted by molar-refractivity contribution is 5.82. The molecule has 0 heterocycles. The Morgan fingerprint density at radius 1 is 1.28 bits per heavy atom. The quantitative estimate of drug-likeness (QED) is 0.838. The van der Waals surface area contributed by atoms with Crippen molar-refractivity contribution in [2.45, 2.75) is 38.1 Å². The first-order valence-corrected chi connectivity index (χ1v) is 6.85. The number of nitrogens with one attached hydrogen (secondary N) is 1. The normalized spacial score (nSPS) is 17.6. The van der Waals surface area contributed by atoms with Crippen LogP contribution in [0.1, 0.15) is 43.7 Å². The fourth-order valence-electron chi connectivity index (χ4n) is 2.62. The number of nitrogens with two attached hydrogens (primary N) is 1. The lowest BCUT2D eigenvalue weighted by atomic mass is 10.0. The summed E-state index contributed by atoms with van der Waals surface area (Å²) < 4.78 is 0. The monoisotopic (exact) mass is 246 g/mol. The number of benzene rings is 1. The highest BCUT2D eigenvalue weighted by Crippen LogP contribution is 2.26. The Kier molecular flexibility index (Phi) is 4.76. The fraction of sp³-hybridized carbons (Fsp3) is 0.533. The molecular formula is C15H22N2O. The van der Waals surface area contributed by atoms with E-state index in [2.05, 4.69) is 5.32 Å². The minimum Gasteiger partial charge on any atom is -0.354 e. The van der Waals surface area contributed by atoms with E-state index in [1.807, 2.05) is 30.3 Å². The molecule has 0 bridgehead atoms. The summed E-state index contributed by atoms with van der Waals surface area (Å²) in [5, 5.41) is 2.94. The van der Waals surface area contributed by atoms with Crippen LogP contribution in [0.4, 0.5) is 0 Å². The lowest BCUT2D eigenvalue weighted by molar-refractivity contribution is -0.122. The van der Waals surface area contributed by atoms with Crippen LogP contribution < -0.4 is 11.1 Å². The second kappa shape index (κ2) is 6.55. The van der Waals surface area contributed by atoms with Gasteiger partial charge in [-0.25, -0.2) is 0 Å². The number of carbonyl (C=O) groups excluding carboxylic acids is 1. The van der Waals surface area contributed by atoms with Crippen molar-refractivity contribution in [3.8, 4) is 0 Å². The van der Waals surface area contributed by atoms with Gasteiger partial charge < -0.3 is 11.1 Å². The first-order valence-electron chi connectivity index (χ1n) is 6.85. The third kappa shape index (κ3) is 3.57.